The number of carbonyl (C=O) groups is 1. The monoisotopic (exact) mass is 308 g/mol. The van der Waals surface area contributed by atoms with Gasteiger partial charge in [-0.1, -0.05) is 50.2 Å². The molecule has 23 heavy (non-hydrogen) atoms. The van der Waals surface area contributed by atoms with Gasteiger partial charge in [0.15, 0.2) is 0 Å². The number of fused-ring (bicyclic) bond motifs is 1. The van der Waals surface area contributed by atoms with Crippen LogP contribution in [0.15, 0.2) is 42.0 Å². The van der Waals surface area contributed by atoms with E-state index >= 15 is 0 Å². The van der Waals surface area contributed by atoms with E-state index in [4.69, 9.17) is 0 Å². The molecule has 1 amide bonds. The van der Waals surface area contributed by atoms with Gasteiger partial charge in [-0.05, 0) is 54.2 Å². The normalized spacial score (nSPS) is 18.8. The van der Waals surface area contributed by atoms with Crippen LogP contribution < -0.4 is 10.9 Å². The van der Waals surface area contributed by atoms with Crippen molar-refractivity contribution < 1.29 is 4.79 Å². The van der Waals surface area contributed by atoms with Gasteiger partial charge in [-0.3, -0.25) is 10.2 Å². The van der Waals surface area contributed by atoms with E-state index in [-0.39, 0.29) is 11.4 Å². The minimum Gasteiger partial charge on any atom is -0.287 e. The van der Waals surface area contributed by atoms with Crippen LogP contribution in [0.2, 0.25) is 0 Å². The molecule has 3 nitrogen and oxygen atoms in total. The number of nitrogens with one attached hydrogen (secondary N) is 2. The highest BCUT2D eigenvalue weighted by atomic mass is 16.2. The summed E-state index contributed by atoms with van der Waals surface area (Å²) in [4.78, 5) is 12.2. The van der Waals surface area contributed by atoms with Gasteiger partial charge in [0.1, 0.15) is 0 Å². The molecule has 2 aromatic carbocycles. The zero-order valence-electron chi connectivity index (χ0n) is 14.2. The molecule has 1 heterocycles. The molecular weight excluding hydrogens is 284 g/mol. The molecular formula is C20H24N2O. The standard InChI is InChI=1S/C20H24N2O/c1-13(2)9-14-10-15-7-5-6-8-17(15)16(11-14)12-18-19(23)21-22-20(18,3)4/h5-8,10-13,22H,9H2,1-4H3,(H,21,23)/b18-12+. The van der Waals surface area contributed by atoms with E-state index in [2.05, 4.69) is 55.0 Å². The van der Waals surface area contributed by atoms with Crippen molar-refractivity contribution in [2.24, 2.45) is 5.92 Å². The highest BCUT2D eigenvalue weighted by molar-refractivity contribution is 6.04. The largest absolute Gasteiger partial charge is 0.287 e. The Hall–Kier alpha value is -2.13. The Labute approximate surface area is 137 Å². The molecule has 3 rings (SSSR count). The van der Waals surface area contributed by atoms with Crippen molar-refractivity contribution in [3.63, 3.8) is 0 Å². The summed E-state index contributed by atoms with van der Waals surface area (Å²) in [6.07, 6.45) is 3.07. The molecule has 0 bridgehead atoms. The third kappa shape index (κ3) is 3.15. The molecule has 0 aromatic heterocycles. The lowest BCUT2D eigenvalue weighted by molar-refractivity contribution is -0.116. The van der Waals surface area contributed by atoms with Crippen molar-refractivity contribution >= 4 is 22.8 Å². The van der Waals surface area contributed by atoms with Crippen LogP contribution >= 0.6 is 0 Å². The highest BCUT2D eigenvalue weighted by Crippen LogP contribution is 2.28. The van der Waals surface area contributed by atoms with Crippen LogP contribution in [0.25, 0.3) is 16.8 Å². The van der Waals surface area contributed by atoms with Gasteiger partial charge in [0, 0.05) is 5.57 Å². The zero-order chi connectivity index (χ0) is 16.6. The Bertz CT molecular complexity index is 787. The minimum absolute atomic E-state index is 0.0478. The first-order chi connectivity index (χ1) is 10.9. The lowest BCUT2D eigenvalue weighted by atomic mass is 9.90. The molecule has 0 radical (unpaired) electrons. The maximum atomic E-state index is 12.2. The van der Waals surface area contributed by atoms with Gasteiger partial charge in [-0.25, -0.2) is 5.43 Å². The first-order valence-electron chi connectivity index (χ1n) is 8.18. The van der Waals surface area contributed by atoms with Crippen LogP contribution in [0.1, 0.15) is 38.8 Å². The summed E-state index contributed by atoms with van der Waals surface area (Å²) < 4.78 is 0. The summed E-state index contributed by atoms with van der Waals surface area (Å²) in [5.74, 6) is 0.554. The second-order valence-electron chi connectivity index (χ2n) is 7.27. The second-order valence-corrected chi connectivity index (χ2v) is 7.27. The van der Waals surface area contributed by atoms with E-state index in [0.29, 0.717) is 5.92 Å². The minimum atomic E-state index is -0.369. The summed E-state index contributed by atoms with van der Waals surface area (Å²) >= 11 is 0. The number of amides is 1. The number of hydrazine groups is 1. The molecule has 0 aliphatic carbocycles. The van der Waals surface area contributed by atoms with Crippen LogP contribution in [0.3, 0.4) is 0 Å². The average Bonchev–Trinajstić information content (AvgIpc) is 2.73. The van der Waals surface area contributed by atoms with Crippen LogP contribution in [0, 0.1) is 5.92 Å². The van der Waals surface area contributed by atoms with Gasteiger partial charge in [-0.2, -0.15) is 0 Å². The van der Waals surface area contributed by atoms with Crippen LogP contribution in [-0.2, 0) is 11.2 Å². The number of carbonyl (C=O) groups excluding carboxylic acids is 1. The predicted octanol–water partition coefficient (Wildman–Crippen LogP) is 3.83. The number of rotatable bonds is 3. The number of benzene rings is 2. The van der Waals surface area contributed by atoms with E-state index < -0.39 is 0 Å². The molecule has 3 heteroatoms. The van der Waals surface area contributed by atoms with Gasteiger partial charge >= 0.3 is 0 Å². The highest BCUT2D eigenvalue weighted by Gasteiger charge is 2.35. The Morgan fingerprint density at radius 2 is 1.91 bits per heavy atom. The lowest BCUT2D eigenvalue weighted by Gasteiger charge is -2.17. The number of hydrogen-bond acceptors (Lipinski definition) is 2. The van der Waals surface area contributed by atoms with Gasteiger partial charge in [0.2, 0.25) is 0 Å². The summed E-state index contributed by atoms with van der Waals surface area (Å²) in [7, 11) is 0. The molecule has 1 fully saturated rings. The first-order valence-corrected chi connectivity index (χ1v) is 8.18. The molecule has 120 valence electrons. The van der Waals surface area contributed by atoms with Crippen molar-refractivity contribution in [1.82, 2.24) is 10.9 Å². The van der Waals surface area contributed by atoms with E-state index in [1.54, 1.807) is 0 Å². The molecule has 0 spiro atoms. The third-order valence-electron chi connectivity index (χ3n) is 4.30. The van der Waals surface area contributed by atoms with Gasteiger partial charge in [0.05, 0.1) is 5.54 Å². The molecule has 1 aliphatic heterocycles. The predicted molar refractivity (Wildman–Crippen MR) is 95.8 cm³/mol. The summed E-state index contributed by atoms with van der Waals surface area (Å²) in [5.41, 5.74) is 8.59. The van der Waals surface area contributed by atoms with Crippen molar-refractivity contribution in [1.29, 1.82) is 0 Å². The fourth-order valence-corrected chi connectivity index (χ4v) is 3.15. The summed E-state index contributed by atoms with van der Waals surface area (Å²) in [5, 5.41) is 2.41. The molecule has 0 saturated carbocycles. The molecule has 1 aliphatic rings. The van der Waals surface area contributed by atoms with Gasteiger partial charge < -0.3 is 0 Å². The van der Waals surface area contributed by atoms with E-state index in [9.17, 15) is 4.79 Å². The van der Waals surface area contributed by atoms with Crippen molar-refractivity contribution in [3.8, 4) is 0 Å². The third-order valence-corrected chi connectivity index (χ3v) is 4.30. The molecule has 1 saturated heterocycles. The Morgan fingerprint density at radius 1 is 1.17 bits per heavy atom. The summed E-state index contributed by atoms with van der Waals surface area (Å²) in [6.45, 7) is 8.48. The molecule has 2 N–H and O–H groups in total. The van der Waals surface area contributed by atoms with Crippen molar-refractivity contribution in [2.45, 2.75) is 39.7 Å². The molecule has 0 unspecified atom stereocenters. The maximum Gasteiger partial charge on any atom is 0.263 e. The zero-order valence-corrected chi connectivity index (χ0v) is 14.2. The topological polar surface area (TPSA) is 41.1 Å². The Balaban J connectivity index is 2.17. The first kappa shape index (κ1) is 15.8. The van der Waals surface area contributed by atoms with E-state index in [1.165, 1.54) is 16.3 Å². The SMILES string of the molecule is CC(C)Cc1cc(/C=C2\C(=O)NNC2(C)C)c2ccccc2c1. The van der Waals surface area contributed by atoms with E-state index in [1.807, 2.05) is 26.0 Å². The Kier molecular flexibility index (Phi) is 3.99. The number of hydrogen-bond donors (Lipinski definition) is 2. The molecule has 2 aromatic rings. The second kappa shape index (κ2) is 5.82. The average molecular weight is 308 g/mol. The van der Waals surface area contributed by atoms with Crippen LogP contribution in [-0.4, -0.2) is 11.4 Å². The fourth-order valence-electron chi connectivity index (χ4n) is 3.15. The van der Waals surface area contributed by atoms with Crippen LogP contribution in [0.5, 0.6) is 0 Å². The lowest BCUT2D eigenvalue weighted by Crippen LogP contribution is -2.38. The fraction of sp³-hybridized carbons (Fsp3) is 0.350. The Morgan fingerprint density at radius 3 is 2.57 bits per heavy atom. The van der Waals surface area contributed by atoms with Crippen molar-refractivity contribution in [2.75, 3.05) is 0 Å². The van der Waals surface area contributed by atoms with Crippen molar-refractivity contribution in [3.05, 3.63) is 53.1 Å². The quantitative estimate of drug-likeness (QED) is 0.846. The van der Waals surface area contributed by atoms with Gasteiger partial charge in [-0.15, -0.1) is 0 Å². The van der Waals surface area contributed by atoms with Crippen LogP contribution in [0.4, 0.5) is 0 Å². The van der Waals surface area contributed by atoms with E-state index in [0.717, 1.165) is 17.6 Å². The summed E-state index contributed by atoms with van der Waals surface area (Å²) in [6, 6.07) is 12.8. The smallest absolute Gasteiger partial charge is 0.263 e. The molecule has 0 atom stereocenters. The van der Waals surface area contributed by atoms with Gasteiger partial charge in [0.25, 0.3) is 5.91 Å². The maximum absolute atomic E-state index is 12.2.